The Morgan fingerprint density at radius 1 is 0.887 bits per heavy atom. The van der Waals surface area contributed by atoms with Gasteiger partial charge in [-0.1, -0.05) is 12.1 Å². The summed E-state index contributed by atoms with van der Waals surface area (Å²) in [5.74, 6) is 1.32. The Hall–Kier alpha value is -5.35. The Morgan fingerprint density at radius 2 is 1.66 bits per heavy atom. The molecule has 4 aromatic rings. The Kier molecular flexibility index (Phi) is 8.78. The summed E-state index contributed by atoms with van der Waals surface area (Å²) in [5, 5.41) is 23.8. The second-order valence-electron chi connectivity index (χ2n) is 15.5. The van der Waals surface area contributed by atoms with E-state index >= 15 is 0 Å². The molecule has 5 fully saturated rings. The minimum absolute atomic E-state index is 0.0921. The van der Waals surface area contributed by atoms with Gasteiger partial charge in [0.1, 0.15) is 6.07 Å². The standard InChI is InChI=1S/C40H44N10O3/c41-20-24-17-27-22-44-50(38(27)43-21-24)36-19-34(45-28-7-8-28)33(23-42-36)40(53)46-29-5-1-26(2-6-29)32-18-35(32)49-15-13-48(14-16-49)30-9-3-25(4-10-30)31-11-12-37(51)47-39(31)52/h3-4,9-10,17,19,21-23,26,28-29,31-32,35H,1-2,5-8,11-16,18H2,(H,42,45)(H,46,53)(H,47,51,52)/t26?,29?,31?,32-,35+/m1/s1. The van der Waals surface area contributed by atoms with Crippen LogP contribution < -0.4 is 20.9 Å². The first-order chi connectivity index (χ1) is 25.9. The summed E-state index contributed by atoms with van der Waals surface area (Å²) in [5.41, 5.74) is 4.55. The number of rotatable bonds is 9. The molecule has 3 aromatic heterocycles. The molecule has 0 radical (unpaired) electrons. The summed E-state index contributed by atoms with van der Waals surface area (Å²) >= 11 is 0. The van der Waals surface area contributed by atoms with E-state index < -0.39 is 0 Å². The predicted octanol–water partition coefficient (Wildman–Crippen LogP) is 4.28. The average molecular weight is 713 g/mol. The lowest BCUT2D eigenvalue weighted by molar-refractivity contribution is -0.134. The number of piperidine rings is 1. The molecule has 2 saturated heterocycles. The molecule has 3 atom stereocenters. The number of imide groups is 1. The fourth-order valence-corrected chi connectivity index (χ4v) is 8.78. The van der Waals surface area contributed by atoms with Gasteiger partial charge in [-0.2, -0.15) is 15.0 Å². The lowest BCUT2D eigenvalue weighted by Crippen LogP contribution is -2.48. The van der Waals surface area contributed by atoms with Crippen molar-refractivity contribution < 1.29 is 14.4 Å². The largest absolute Gasteiger partial charge is 0.382 e. The molecule has 5 heterocycles. The van der Waals surface area contributed by atoms with Crippen LogP contribution in [-0.4, -0.2) is 86.7 Å². The number of fused-ring (bicyclic) bond motifs is 1. The van der Waals surface area contributed by atoms with Gasteiger partial charge in [0.05, 0.1) is 28.9 Å². The van der Waals surface area contributed by atoms with E-state index in [1.807, 2.05) is 18.2 Å². The third-order valence-corrected chi connectivity index (χ3v) is 12.0. The van der Waals surface area contributed by atoms with Gasteiger partial charge in [0.15, 0.2) is 11.5 Å². The fraction of sp³-hybridized carbons (Fsp3) is 0.475. The summed E-state index contributed by atoms with van der Waals surface area (Å²) < 4.78 is 1.65. The van der Waals surface area contributed by atoms with Gasteiger partial charge in [-0.05, 0) is 87.0 Å². The van der Waals surface area contributed by atoms with E-state index in [-0.39, 0.29) is 29.7 Å². The highest BCUT2D eigenvalue weighted by Crippen LogP contribution is 2.47. The molecule has 53 heavy (non-hydrogen) atoms. The van der Waals surface area contributed by atoms with Gasteiger partial charge in [-0.3, -0.25) is 24.6 Å². The number of carbonyl (C=O) groups is 3. The van der Waals surface area contributed by atoms with E-state index in [2.05, 4.69) is 59.0 Å². The van der Waals surface area contributed by atoms with Crippen LogP contribution in [0.25, 0.3) is 16.9 Å². The number of benzene rings is 1. The average Bonchev–Trinajstić information content (AvgIpc) is 4.12. The molecule has 9 rings (SSSR count). The second-order valence-corrected chi connectivity index (χ2v) is 15.5. The van der Waals surface area contributed by atoms with E-state index in [9.17, 15) is 19.6 Å². The minimum atomic E-state index is -0.246. The molecule has 272 valence electrons. The first-order valence-corrected chi connectivity index (χ1v) is 19.1. The Labute approximate surface area is 308 Å². The molecule has 2 aliphatic heterocycles. The van der Waals surface area contributed by atoms with Gasteiger partial charge in [0.2, 0.25) is 11.8 Å². The van der Waals surface area contributed by atoms with Gasteiger partial charge >= 0.3 is 0 Å². The highest BCUT2D eigenvalue weighted by molar-refractivity contribution is 6.01. The van der Waals surface area contributed by atoms with Crippen molar-refractivity contribution in [1.29, 1.82) is 5.26 Å². The Balaban J connectivity index is 0.760. The maximum Gasteiger partial charge on any atom is 0.255 e. The third kappa shape index (κ3) is 6.95. The highest BCUT2D eigenvalue weighted by Gasteiger charge is 2.47. The number of anilines is 2. The molecule has 5 aliphatic rings. The van der Waals surface area contributed by atoms with E-state index in [0.29, 0.717) is 53.4 Å². The quantitative estimate of drug-likeness (QED) is 0.214. The zero-order chi connectivity index (χ0) is 36.1. The highest BCUT2D eigenvalue weighted by atomic mass is 16.2. The maximum atomic E-state index is 13.7. The molecule has 0 spiro atoms. The smallest absolute Gasteiger partial charge is 0.255 e. The number of nitrogens with zero attached hydrogens (tertiary/aromatic N) is 7. The van der Waals surface area contributed by atoms with E-state index in [1.54, 1.807) is 23.1 Å². The molecule has 3 N–H and O–H groups in total. The van der Waals surface area contributed by atoms with Crippen LogP contribution in [0.1, 0.15) is 85.2 Å². The number of hydrogen-bond donors (Lipinski definition) is 3. The number of hydrogen-bond acceptors (Lipinski definition) is 10. The fourth-order valence-electron chi connectivity index (χ4n) is 8.78. The lowest BCUT2D eigenvalue weighted by Gasteiger charge is -2.37. The molecule has 1 aromatic carbocycles. The van der Waals surface area contributed by atoms with Crippen molar-refractivity contribution in [3.05, 3.63) is 71.7 Å². The number of aromatic nitrogens is 4. The zero-order valence-electron chi connectivity index (χ0n) is 29.7. The van der Waals surface area contributed by atoms with Crippen molar-refractivity contribution in [3.8, 4) is 11.9 Å². The molecule has 3 aliphatic carbocycles. The molecular weight excluding hydrogens is 669 g/mol. The van der Waals surface area contributed by atoms with Gasteiger partial charge in [0, 0.05) is 80.3 Å². The zero-order valence-corrected chi connectivity index (χ0v) is 29.7. The molecule has 3 saturated carbocycles. The van der Waals surface area contributed by atoms with E-state index in [0.717, 1.165) is 87.3 Å². The maximum absolute atomic E-state index is 13.7. The topological polar surface area (TPSA) is 161 Å². The number of piperazine rings is 1. The van der Waals surface area contributed by atoms with Gasteiger partial charge in [-0.25, -0.2) is 9.97 Å². The van der Waals surface area contributed by atoms with E-state index in [4.69, 9.17) is 0 Å². The van der Waals surface area contributed by atoms with Crippen LogP contribution in [0.15, 0.2) is 55.0 Å². The monoisotopic (exact) mass is 712 g/mol. The van der Waals surface area contributed by atoms with Crippen LogP contribution in [0.4, 0.5) is 11.4 Å². The van der Waals surface area contributed by atoms with Crippen LogP contribution >= 0.6 is 0 Å². The Bertz CT molecular complexity index is 2090. The van der Waals surface area contributed by atoms with Gasteiger partial charge in [0.25, 0.3) is 5.91 Å². The molecule has 13 heteroatoms. The first kappa shape index (κ1) is 33.5. The van der Waals surface area contributed by atoms with Crippen molar-refractivity contribution in [1.82, 2.24) is 35.3 Å². The van der Waals surface area contributed by atoms with Crippen LogP contribution in [-0.2, 0) is 9.59 Å². The number of nitriles is 1. The van der Waals surface area contributed by atoms with Crippen LogP contribution in [0.5, 0.6) is 0 Å². The normalized spacial score (nSPS) is 26.2. The summed E-state index contributed by atoms with van der Waals surface area (Å²) in [6.07, 6.45) is 13.5. The van der Waals surface area contributed by atoms with Gasteiger partial charge < -0.3 is 15.5 Å². The van der Waals surface area contributed by atoms with Crippen molar-refractivity contribution >= 4 is 40.1 Å². The molecule has 13 nitrogen and oxygen atoms in total. The van der Waals surface area contributed by atoms with Crippen molar-refractivity contribution in [2.24, 2.45) is 11.8 Å². The van der Waals surface area contributed by atoms with Crippen molar-refractivity contribution in [2.45, 2.75) is 81.8 Å². The van der Waals surface area contributed by atoms with Crippen molar-refractivity contribution in [2.75, 3.05) is 36.4 Å². The summed E-state index contributed by atoms with van der Waals surface area (Å²) in [4.78, 5) is 51.7. The SMILES string of the molecule is N#Cc1cnc2c(cnn2-c2cc(NC3CC3)c(C(=O)NC3CCC([C@H]4C[C@@H]4N4CCN(c5ccc(C6CCC(=O)NC6=O)cc5)CC4)CC3)cn2)c1. The van der Waals surface area contributed by atoms with E-state index in [1.165, 1.54) is 18.3 Å². The van der Waals surface area contributed by atoms with Gasteiger partial charge in [-0.15, -0.1) is 0 Å². The minimum Gasteiger partial charge on any atom is -0.382 e. The summed E-state index contributed by atoms with van der Waals surface area (Å²) in [7, 11) is 0. The van der Waals surface area contributed by atoms with Crippen molar-refractivity contribution in [3.63, 3.8) is 0 Å². The molecular formula is C40H44N10O3. The molecule has 0 bridgehead atoms. The second kappa shape index (κ2) is 13.9. The number of amides is 3. The number of carbonyl (C=O) groups excluding carboxylic acids is 3. The van der Waals surface area contributed by atoms with Crippen LogP contribution in [0.2, 0.25) is 0 Å². The summed E-state index contributed by atoms with van der Waals surface area (Å²) in [6.45, 7) is 4.10. The molecule has 1 unspecified atom stereocenters. The lowest BCUT2D eigenvalue weighted by atomic mass is 9.82. The predicted molar refractivity (Wildman–Crippen MR) is 198 cm³/mol. The number of pyridine rings is 2. The molecule has 3 amide bonds. The van der Waals surface area contributed by atoms with Crippen LogP contribution in [0.3, 0.4) is 0 Å². The Morgan fingerprint density at radius 3 is 2.40 bits per heavy atom. The first-order valence-electron chi connectivity index (χ1n) is 19.1. The van der Waals surface area contributed by atoms with Crippen LogP contribution in [0, 0.1) is 23.2 Å². The third-order valence-electron chi connectivity index (χ3n) is 12.0. The number of nitrogens with one attached hydrogen (secondary N) is 3. The summed E-state index contributed by atoms with van der Waals surface area (Å²) in [6, 6.07) is 15.3.